The zero-order chi connectivity index (χ0) is 17.4. The molecule has 25 heavy (non-hydrogen) atoms. The van der Waals surface area contributed by atoms with Crippen LogP contribution in [0.2, 0.25) is 0 Å². The molecule has 0 radical (unpaired) electrons. The smallest absolute Gasteiger partial charge is 0.227 e. The Morgan fingerprint density at radius 3 is 2.64 bits per heavy atom. The van der Waals surface area contributed by atoms with Crippen molar-refractivity contribution in [2.45, 2.75) is 76.2 Å². The van der Waals surface area contributed by atoms with Gasteiger partial charge in [-0.3, -0.25) is 4.79 Å². The Kier molecular flexibility index (Phi) is 4.59. The summed E-state index contributed by atoms with van der Waals surface area (Å²) in [7, 11) is 0. The van der Waals surface area contributed by atoms with E-state index >= 15 is 0 Å². The average molecular weight is 342 g/mol. The van der Waals surface area contributed by atoms with Gasteiger partial charge < -0.3 is 15.0 Å². The molecule has 1 aliphatic carbocycles. The van der Waals surface area contributed by atoms with Gasteiger partial charge in [0.2, 0.25) is 5.91 Å². The fourth-order valence-electron chi connectivity index (χ4n) is 5.08. The number of carbonyl (C=O) groups excluding carboxylic acids is 1. The Bertz CT molecular complexity index is 614. The van der Waals surface area contributed by atoms with Crippen molar-refractivity contribution in [1.29, 1.82) is 0 Å². The molecule has 3 aliphatic rings. The van der Waals surface area contributed by atoms with Gasteiger partial charge in [-0.15, -0.1) is 0 Å². The van der Waals surface area contributed by atoms with Crippen LogP contribution in [0.25, 0.3) is 0 Å². The SMILES string of the molecule is C[C@@H](N[C@@H]1CC(=O)N2[C@@H](c3ccccc3)CO[C@]12C)C1CCCCC1. The molecule has 1 saturated carbocycles. The summed E-state index contributed by atoms with van der Waals surface area (Å²) in [6.07, 6.45) is 7.22. The maximum Gasteiger partial charge on any atom is 0.227 e. The van der Waals surface area contributed by atoms with Crippen LogP contribution in [0.5, 0.6) is 0 Å². The summed E-state index contributed by atoms with van der Waals surface area (Å²) in [6, 6.07) is 10.8. The minimum Gasteiger partial charge on any atom is -0.352 e. The summed E-state index contributed by atoms with van der Waals surface area (Å²) in [6.45, 7) is 4.96. The van der Waals surface area contributed by atoms with Gasteiger partial charge in [0.1, 0.15) is 0 Å². The molecule has 136 valence electrons. The van der Waals surface area contributed by atoms with E-state index in [9.17, 15) is 4.79 Å². The van der Waals surface area contributed by atoms with Crippen molar-refractivity contribution in [1.82, 2.24) is 10.2 Å². The molecule has 2 saturated heterocycles. The lowest BCUT2D eigenvalue weighted by Gasteiger charge is -2.37. The quantitative estimate of drug-likeness (QED) is 0.908. The molecule has 4 heteroatoms. The highest BCUT2D eigenvalue weighted by atomic mass is 16.5. The van der Waals surface area contributed by atoms with Crippen molar-refractivity contribution in [2.24, 2.45) is 5.92 Å². The van der Waals surface area contributed by atoms with Crippen molar-refractivity contribution in [2.75, 3.05) is 6.61 Å². The van der Waals surface area contributed by atoms with Crippen molar-refractivity contribution >= 4 is 5.91 Å². The molecule has 1 aromatic carbocycles. The average Bonchev–Trinajstić information content (AvgIpc) is 3.11. The molecule has 4 nitrogen and oxygen atoms in total. The molecule has 4 atom stereocenters. The second kappa shape index (κ2) is 6.73. The van der Waals surface area contributed by atoms with Crippen LogP contribution in [0.4, 0.5) is 0 Å². The lowest BCUT2D eigenvalue weighted by Crippen LogP contribution is -2.54. The number of amides is 1. The Hall–Kier alpha value is -1.39. The second-order valence-corrected chi connectivity index (χ2v) is 8.17. The molecule has 1 amide bonds. The molecular weight excluding hydrogens is 312 g/mol. The van der Waals surface area contributed by atoms with Gasteiger partial charge in [-0.05, 0) is 38.2 Å². The van der Waals surface area contributed by atoms with Crippen molar-refractivity contribution in [3.05, 3.63) is 35.9 Å². The molecule has 4 rings (SSSR count). The Morgan fingerprint density at radius 2 is 1.92 bits per heavy atom. The Balaban J connectivity index is 1.50. The van der Waals surface area contributed by atoms with Crippen molar-refractivity contribution in [3.8, 4) is 0 Å². The molecule has 0 unspecified atom stereocenters. The highest BCUT2D eigenvalue weighted by Gasteiger charge is 2.57. The third kappa shape index (κ3) is 3.00. The van der Waals surface area contributed by atoms with Crippen LogP contribution < -0.4 is 5.32 Å². The maximum atomic E-state index is 12.8. The summed E-state index contributed by atoms with van der Waals surface area (Å²) in [5.41, 5.74) is 0.640. The van der Waals surface area contributed by atoms with Crippen LogP contribution >= 0.6 is 0 Å². The van der Waals surface area contributed by atoms with Gasteiger partial charge in [0, 0.05) is 12.5 Å². The lowest BCUT2D eigenvalue weighted by molar-refractivity contribution is -0.137. The highest BCUT2D eigenvalue weighted by molar-refractivity contribution is 5.81. The maximum absolute atomic E-state index is 12.8. The minimum absolute atomic E-state index is 0.0375. The fraction of sp³-hybridized carbons (Fsp3) is 0.667. The molecule has 0 spiro atoms. The lowest BCUT2D eigenvalue weighted by atomic mass is 9.84. The summed E-state index contributed by atoms with van der Waals surface area (Å²) in [5.74, 6) is 0.940. The van der Waals surface area contributed by atoms with E-state index in [2.05, 4.69) is 31.3 Å². The first-order chi connectivity index (χ1) is 12.1. The number of benzene rings is 1. The van der Waals surface area contributed by atoms with Crippen LogP contribution in [0.15, 0.2) is 30.3 Å². The molecular formula is C21H30N2O2. The van der Waals surface area contributed by atoms with Crippen molar-refractivity contribution in [3.63, 3.8) is 0 Å². The molecule has 2 aliphatic heterocycles. The van der Waals surface area contributed by atoms with Crippen LogP contribution in [0, 0.1) is 5.92 Å². The number of fused-ring (bicyclic) bond motifs is 1. The van der Waals surface area contributed by atoms with Gasteiger partial charge in [-0.1, -0.05) is 49.6 Å². The molecule has 1 aromatic rings. The zero-order valence-corrected chi connectivity index (χ0v) is 15.4. The molecule has 3 fully saturated rings. The number of hydrogen-bond acceptors (Lipinski definition) is 3. The van der Waals surface area contributed by atoms with Crippen LogP contribution in [-0.2, 0) is 9.53 Å². The van der Waals surface area contributed by atoms with Crippen LogP contribution in [0.1, 0.15) is 64.0 Å². The summed E-state index contributed by atoms with van der Waals surface area (Å²) in [4.78, 5) is 14.8. The van der Waals surface area contributed by atoms with Gasteiger partial charge in [0.15, 0.2) is 5.72 Å². The van der Waals surface area contributed by atoms with E-state index in [0.29, 0.717) is 19.1 Å². The monoisotopic (exact) mass is 342 g/mol. The number of carbonyl (C=O) groups is 1. The Labute approximate surface area is 150 Å². The zero-order valence-electron chi connectivity index (χ0n) is 15.4. The van der Waals surface area contributed by atoms with Gasteiger partial charge in [-0.25, -0.2) is 0 Å². The van der Waals surface area contributed by atoms with Gasteiger partial charge in [-0.2, -0.15) is 0 Å². The predicted molar refractivity (Wildman–Crippen MR) is 98.0 cm³/mol. The standard InChI is InChI=1S/C21H30N2O2/c1-15(16-9-5-3-6-10-16)22-19-13-20(24)23-18(14-25-21(19,23)2)17-11-7-4-8-12-17/h4,7-8,11-12,15-16,18-19,22H,3,5-6,9-10,13-14H2,1-2H3/t15-,18-,19-,21-/m1/s1. The van der Waals surface area contributed by atoms with Crippen molar-refractivity contribution < 1.29 is 9.53 Å². The van der Waals surface area contributed by atoms with E-state index in [1.54, 1.807) is 0 Å². The van der Waals surface area contributed by atoms with E-state index in [1.165, 1.54) is 37.7 Å². The normalized spacial score (nSPS) is 34.3. The summed E-state index contributed by atoms with van der Waals surface area (Å²) >= 11 is 0. The van der Waals surface area contributed by atoms with Crippen LogP contribution in [-0.4, -0.2) is 35.2 Å². The van der Waals surface area contributed by atoms with Gasteiger partial charge >= 0.3 is 0 Å². The van der Waals surface area contributed by atoms with E-state index in [-0.39, 0.29) is 18.0 Å². The van der Waals surface area contributed by atoms with E-state index < -0.39 is 5.72 Å². The summed E-state index contributed by atoms with van der Waals surface area (Å²) in [5, 5.41) is 3.78. The number of rotatable bonds is 4. The number of nitrogens with one attached hydrogen (secondary N) is 1. The Morgan fingerprint density at radius 1 is 1.20 bits per heavy atom. The summed E-state index contributed by atoms with van der Waals surface area (Å²) < 4.78 is 6.25. The molecule has 0 aromatic heterocycles. The first kappa shape index (κ1) is 17.0. The number of nitrogens with zero attached hydrogens (tertiary/aromatic N) is 1. The van der Waals surface area contributed by atoms with E-state index in [0.717, 1.165) is 5.92 Å². The van der Waals surface area contributed by atoms with Gasteiger partial charge in [0.05, 0.1) is 18.7 Å². The highest BCUT2D eigenvalue weighted by Crippen LogP contribution is 2.45. The van der Waals surface area contributed by atoms with Crippen LogP contribution in [0.3, 0.4) is 0 Å². The van der Waals surface area contributed by atoms with E-state index in [4.69, 9.17) is 4.74 Å². The minimum atomic E-state index is -0.527. The third-order valence-electron chi connectivity index (χ3n) is 6.62. The topological polar surface area (TPSA) is 41.6 Å². The molecule has 2 heterocycles. The first-order valence-electron chi connectivity index (χ1n) is 9.86. The number of ether oxygens (including phenoxy) is 1. The molecule has 0 bridgehead atoms. The van der Waals surface area contributed by atoms with E-state index in [1.807, 2.05) is 23.1 Å². The fourth-order valence-corrected chi connectivity index (χ4v) is 5.08. The predicted octanol–water partition coefficient (Wildman–Crippen LogP) is 3.63. The first-order valence-corrected chi connectivity index (χ1v) is 9.86. The largest absolute Gasteiger partial charge is 0.352 e. The van der Waals surface area contributed by atoms with Gasteiger partial charge in [0.25, 0.3) is 0 Å². The number of hydrogen-bond donors (Lipinski definition) is 1. The third-order valence-corrected chi connectivity index (χ3v) is 6.62. The molecule has 1 N–H and O–H groups in total. The second-order valence-electron chi connectivity index (χ2n) is 8.17.